The monoisotopic (exact) mass is 526 g/mol. The van der Waals surface area contributed by atoms with Crippen LogP contribution in [0.5, 0.6) is 0 Å². The Hall–Kier alpha value is -3.18. The van der Waals surface area contributed by atoms with Crippen LogP contribution in [-0.4, -0.2) is 14.5 Å². The molecule has 3 aromatic heterocycles. The Bertz CT molecular complexity index is 1280. The van der Waals surface area contributed by atoms with Crippen molar-refractivity contribution in [2.75, 3.05) is 0 Å². The van der Waals surface area contributed by atoms with E-state index in [4.69, 9.17) is 18.6 Å². The predicted molar refractivity (Wildman–Crippen MR) is 114 cm³/mol. The molecule has 0 atom stereocenters. The third-order valence-electron chi connectivity index (χ3n) is 4.65. The highest BCUT2D eigenvalue weighted by Gasteiger charge is 2.27. The summed E-state index contributed by atoms with van der Waals surface area (Å²) < 4.78 is 39.4. The summed E-state index contributed by atoms with van der Waals surface area (Å²) in [5, 5.41) is 0. The van der Waals surface area contributed by atoms with E-state index in [0.29, 0.717) is 0 Å². The van der Waals surface area contributed by atoms with E-state index >= 15 is 0 Å². The van der Waals surface area contributed by atoms with Gasteiger partial charge in [-0.15, -0.1) is 15.2 Å². The lowest BCUT2D eigenvalue weighted by Gasteiger charge is -2.17. The van der Waals surface area contributed by atoms with E-state index in [1.807, 2.05) is 48.8 Å². The molecule has 0 amide bonds. The van der Waals surface area contributed by atoms with Gasteiger partial charge in [0, 0.05) is 22.3 Å². The van der Waals surface area contributed by atoms with Gasteiger partial charge in [-0.3, -0.25) is 0 Å². The minimum atomic E-state index is -4.94. The van der Waals surface area contributed by atoms with Gasteiger partial charge in [-0.25, -0.2) is 28.2 Å². The second-order valence-electron chi connectivity index (χ2n) is 6.74. The highest BCUT2D eigenvalue weighted by molar-refractivity contribution is 9.10. The highest BCUT2D eigenvalue weighted by atomic mass is 79.9. The molecule has 0 saturated carbocycles. The minimum absolute atomic E-state index is 0.867. The van der Waals surface area contributed by atoms with Crippen LogP contribution in [0.3, 0.4) is 0 Å². The number of hydrogen-bond acceptors (Lipinski definition) is 6. The molecule has 0 unspecified atom stereocenters. The number of halogens is 2. The van der Waals surface area contributed by atoms with Crippen molar-refractivity contribution in [2.45, 2.75) is 0 Å². The van der Waals surface area contributed by atoms with Gasteiger partial charge in [0.25, 0.3) is 5.82 Å². The summed E-state index contributed by atoms with van der Waals surface area (Å²) in [5.74, 6) is 2.74. The summed E-state index contributed by atoms with van der Waals surface area (Å²) in [6.45, 7) is 0. The van der Waals surface area contributed by atoms with E-state index in [-0.39, 0.29) is 0 Å². The zero-order chi connectivity index (χ0) is 23.4. The summed E-state index contributed by atoms with van der Waals surface area (Å²) >= 11 is 3.54. The predicted octanol–water partition coefficient (Wildman–Crippen LogP) is 0.371. The molecule has 0 aliphatic heterocycles. The van der Waals surface area contributed by atoms with Gasteiger partial charge in [0.15, 0.2) is 5.82 Å². The van der Waals surface area contributed by atoms with Gasteiger partial charge >= 0.3 is 0 Å². The molecule has 10 heteroatoms. The van der Waals surface area contributed by atoms with E-state index in [1.165, 1.54) is 0 Å². The number of rotatable bonds is 3. The van der Waals surface area contributed by atoms with E-state index < -0.39 is 10.2 Å². The molecule has 5 rings (SSSR count). The van der Waals surface area contributed by atoms with Crippen LogP contribution in [0.15, 0.2) is 102 Å². The average molecular weight is 528 g/mol. The molecule has 0 spiro atoms. The summed E-state index contributed by atoms with van der Waals surface area (Å²) in [4.78, 5) is 9.26. The molecule has 166 valence electrons. The van der Waals surface area contributed by atoms with E-state index in [2.05, 4.69) is 83.6 Å². The largest absolute Gasteiger partial charge is 0.267 e. The molecule has 33 heavy (non-hydrogen) atoms. The molecule has 0 fully saturated rings. The number of nitrogens with zero attached hydrogens (tertiary/aromatic N) is 4. The lowest BCUT2D eigenvalue weighted by Crippen LogP contribution is -2.68. The quantitative estimate of drug-likeness (QED) is 0.312. The number of fused-ring (bicyclic) bond motifs is 1. The third-order valence-corrected chi connectivity index (χ3v) is 5.17. The molecule has 0 radical (unpaired) electrons. The zero-order valence-electron chi connectivity index (χ0n) is 16.9. The molecular formula is C23H16BrClN4O4. The SMILES string of the molecule is Brc1ccc(-c2n(-c3ccccn3)c3ccccc3[n+]2-c2ccccn2)cc1.[O-][Cl+3]([O-])([O-])[O-]. The molecule has 0 aliphatic carbocycles. The Balaban J connectivity index is 0.000000471. The van der Waals surface area contributed by atoms with Crippen molar-refractivity contribution in [3.05, 3.63) is 102 Å². The number of pyridine rings is 2. The number of imidazole rings is 1. The fourth-order valence-electron chi connectivity index (χ4n) is 3.46. The lowest BCUT2D eigenvalue weighted by atomic mass is 10.2. The second kappa shape index (κ2) is 9.75. The van der Waals surface area contributed by atoms with Crippen molar-refractivity contribution >= 4 is 27.0 Å². The molecule has 5 aromatic rings. The van der Waals surface area contributed by atoms with Crippen LogP contribution in [0, 0.1) is 10.2 Å². The van der Waals surface area contributed by atoms with E-state index in [9.17, 15) is 0 Å². The van der Waals surface area contributed by atoms with E-state index in [1.54, 1.807) is 0 Å². The molecule has 0 saturated heterocycles. The highest BCUT2D eigenvalue weighted by Crippen LogP contribution is 2.28. The maximum Gasteiger partial charge on any atom is 0.267 e. The first-order valence-electron chi connectivity index (χ1n) is 9.59. The fourth-order valence-corrected chi connectivity index (χ4v) is 3.73. The van der Waals surface area contributed by atoms with Crippen LogP contribution in [0.2, 0.25) is 0 Å². The zero-order valence-corrected chi connectivity index (χ0v) is 19.3. The molecular weight excluding hydrogens is 512 g/mol. The van der Waals surface area contributed by atoms with Gasteiger partial charge in [0.2, 0.25) is 5.82 Å². The Kier molecular flexibility index (Phi) is 6.80. The minimum Gasteiger partial charge on any atom is -0.225 e. The molecule has 3 heterocycles. The van der Waals surface area contributed by atoms with Crippen LogP contribution in [0.25, 0.3) is 34.1 Å². The van der Waals surface area contributed by atoms with Crippen LogP contribution < -0.4 is 23.2 Å². The number of para-hydroxylation sites is 2. The Labute approximate surface area is 199 Å². The van der Waals surface area contributed by atoms with Crippen molar-refractivity contribution in [1.82, 2.24) is 14.5 Å². The Morgan fingerprint density at radius 3 is 1.94 bits per heavy atom. The van der Waals surface area contributed by atoms with Gasteiger partial charge in [-0.05, 0) is 54.6 Å². The maximum atomic E-state index is 8.49. The van der Waals surface area contributed by atoms with Crippen LogP contribution in [0.4, 0.5) is 0 Å². The first-order valence-corrected chi connectivity index (χ1v) is 11.6. The van der Waals surface area contributed by atoms with Gasteiger partial charge in [0.05, 0.1) is 0 Å². The Morgan fingerprint density at radius 1 is 0.727 bits per heavy atom. The fraction of sp³-hybridized carbons (Fsp3) is 0. The van der Waals surface area contributed by atoms with Crippen LogP contribution >= 0.6 is 15.9 Å². The topological polar surface area (TPSA) is 127 Å². The van der Waals surface area contributed by atoms with Crippen LogP contribution in [0.1, 0.15) is 0 Å². The van der Waals surface area contributed by atoms with Gasteiger partial charge in [-0.1, -0.05) is 40.2 Å². The second-order valence-corrected chi connectivity index (χ2v) is 8.42. The van der Waals surface area contributed by atoms with Gasteiger partial charge < -0.3 is 0 Å². The summed E-state index contributed by atoms with van der Waals surface area (Å²) in [7, 11) is -4.94. The van der Waals surface area contributed by atoms with Gasteiger partial charge in [0.1, 0.15) is 17.2 Å². The van der Waals surface area contributed by atoms with Gasteiger partial charge in [-0.2, -0.15) is 4.57 Å². The summed E-state index contributed by atoms with van der Waals surface area (Å²) in [5.41, 5.74) is 3.23. The standard InChI is InChI=1S/C23H16BrN4.ClHO4/c24-18-13-11-17(12-14-18)23-27(21-9-3-5-15-25-21)19-7-1-2-8-20(19)28(23)22-10-4-6-16-26-22;2-1(3,4)5/h1-16H;(H,2,3,4,5)/q+1;/p-1. The van der Waals surface area contributed by atoms with Crippen molar-refractivity contribution < 1.29 is 33.4 Å². The molecule has 0 bridgehead atoms. The number of benzene rings is 2. The van der Waals surface area contributed by atoms with E-state index in [0.717, 1.165) is 38.5 Å². The van der Waals surface area contributed by atoms with Crippen molar-refractivity contribution in [3.8, 4) is 23.0 Å². The van der Waals surface area contributed by atoms with Crippen molar-refractivity contribution in [3.63, 3.8) is 0 Å². The maximum absolute atomic E-state index is 8.49. The first-order chi connectivity index (χ1) is 15.8. The molecule has 0 aliphatic rings. The number of aromatic nitrogens is 4. The summed E-state index contributed by atoms with van der Waals surface area (Å²) in [6.07, 6.45) is 3.64. The van der Waals surface area contributed by atoms with Crippen molar-refractivity contribution in [1.29, 1.82) is 0 Å². The molecule has 2 aromatic carbocycles. The molecule has 8 nitrogen and oxygen atoms in total. The van der Waals surface area contributed by atoms with Crippen LogP contribution in [-0.2, 0) is 0 Å². The smallest absolute Gasteiger partial charge is 0.225 e. The number of hydrogen-bond donors (Lipinski definition) is 0. The Morgan fingerprint density at radius 2 is 1.33 bits per heavy atom. The normalized spacial score (nSPS) is 11.2. The summed E-state index contributed by atoms with van der Waals surface area (Å²) in [6, 6.07) is 28.6. The third kappa shape index (κ3) is 5.42. The lowest BCUT2D eigenvalue weighted by molar-refractivity contribution is -2.00. The molecule has 0 N–H and O–H groups in total. The first kappa shape index (κ1) is 23.0. The average Bonchev–Trinajstić information content (AvgIpc) is 3.15. The van der Waals surface area contributed by atoms with Crippen molar-refractivity contribution in [2.24, 2.45) is 0 Å².